The van der Waals surface area contributed by atoms with Crippen molar-refractivity contribution in [3.05, 3.63) is 38.5 Å². The second-order valence-corrected chi connectivity index (χ2v) is 5.83. The first-order chi connectivity index (χ1) is 9.54. The zero-order chi connectivity index (χ0) is 14.7. The maximum absolute atomic E-state index is 11.4. The fraction of sp³-hybridized carbons (Fsp3) is 0.0833. The number of amides is 1. The molecule has 0 bridgehead atoms. The van der Waals surface area contributed by atoms with Gasteiger partial charge in [-0.15, -0.1) is 0 Å². The van der Waals surface area contributed by atoms with Gasteiger partial charge in [0.2, 0.25) is 0 Å². The minimum atomic E-state index is -0.654. The van der Waals surface area contributed by atoms with Crippen LogP contribution in [0.25, 0.3) is 11.3 Å². The SMILES string of the molecule is C=CCOc1c(I)cc(Br)cc1-c1n[nH]nc1C(N)=O. The Labute approximate surface area is 137 Å². The Hall–Kier alpha value is -1.42. The molecule has 0 saturated carbocycles. The maximum Gasteiger partial charge on any atom is 0.271 e. The summed E-state index contributed by atoms with van der Waals surface area (Å²) in [5.41, 5.74) is 6.35. The molecule has 0 aliphatic carbocycles. The zero-order valence-electron chi connectivity index (χ0n) is 10.2. The van der Waals surface area contributed by atoms with Crippen molar-refractivity contribution in [3.8, 4) is 17.0 Å². The van der Waals surface area contributed by atoms with Crippen LogP contribution >= 0.6 is 38.5 Å². The normalized spacial score (nSPS) is 10.3. The molecule has 2 aromatic rings. The predicted molar refractivity (Wildman–Crippen MR) is 86.4 cm³/mol. The highest BCUT2D eigenvalue weighted by atomic mass is 127. The number of nitrogens with two attached hydrogens (primary N) is 1. The van der Waals surface area contributed by atoms with Gasteiger partial charge in [0.25, 0.3) is 5.91 Å². The number of nitrogens with zero attached hydrogens (tertiary/aromatic N) is 2. The lowest BCUT2D eigenvalue weighted by atomic mass is 10.1. The molecule has 0 saturated heterocycles. The first-order valence-corrected chi connectivity index (χ1v) is 7.35. The predicted octanol–water partition coefficient (Wildman–Crippen LogP) is 2.50. The molecular weight excluding hydrogens is 439 g/mol. The van der Waals surface area contributed by atoms with Crippen molar-refractivity contribution < 1.29 is 9.53 Å². The summed E-state index contributed by atoms with van der Waals surface area (Å²) >= 11 is 5.55. The molecule has 1 aromatic carbocycles. The van der Waals surface area contributed by atoms with Gasteiger partial charge in [0.15, 0.2) is 5.69 Å². The summed E-state index contributed by atoms with van der Waals surface area (Å²) in [6.07, 6.45) is 1.64. The lowest BCUT2D eigenvalue weighted by molar-refractivity contribution is 0.0996. The monoisotopic (exact) mass is 448 g/mol. The first kappa shape index (κ1) is 15.0. The van der Waals surface area contributed by atoms with Crippen LogP contribution in [0.4, 0.5) is 0 Å². The zero-order valence-corrected chi connectivity index (χ0v) is 13.9. The van der Waals surface area contributed by atoms with E-state index in [0.717, 1.165) is 8.04 Å². The van der Waals surface area contributed by atoms with Crippen molar-refractivity contribution in [1.29, 1.82) is 0 Å². The van der Waals surface area contributed by atoms with Gasteiger partial charge in [-0.25, -0.2) is 0 Å². The van der Waals surface area contributed by atoms with Crippen molar-refractivity contribution in [2.75, 3.05) is 6.61 Å². The van der Waals surface area contributed by atoms with Crippen LogP contribution in [0, 0.1) is 3.57 Å². The topological polar surface area (TPSA) is 93.9 Å². The van der Waals surface area contributed by atoms with Crippen LogP contribution in [0.3, 0.4) is 0 Å². The Balaban J connectivity index is 2.62. The minimum absolute atomic E-state index is 0.0716. The molecule has 2 rings (SSSR count). The largest absolute Gasteiger partial charge is 0.488 e. The number of hydrogen-bond acceptors (Lipinski definition) is 4. The number of aromatic nitrogens is 3. The number of carbonyl (C=O) groups excluding carboxylic acids is 1. The Morgan fingerprint density at radius 3 is 2.95 bits per heavy atom. The van der Waals surface area contributed by atoms with Gasteiger partial charge in [-0.3, -0.25) is 4.79 Å². The van der Waals surface area contributed by atoms with Gasteiger partial charge < -0.3 is 10.5 Å². The molecule has 0 radical (unpaired) electrons. The second-order valence-electron chi connectivity index (χ2n) is 3.75. The molecule has 1 aromatic heterocycles. The molecule has 0 aliphatic rings. The van der Waals surface area contributed by atoms with Crippen molar-refractivity contribution in [2.24, 2.45) is 5.73 Å². The van der Waals surface area contributed by atoms with Crippen LogP contribution in [-0.4, -0.2) is 27.9 Å². The smallest absolute Gasteiger partial charge is 0.271 e. The average Bonchev–Trinajstić information content (AvgIpc) is 2.86. The van der Waals surface area contributed by atoms with Crippen molar-refractivity contribution >= 4 is 44.4 Å². The van der Waals surface area contributed by atoms with Gasteiger partial charge in [-0.05, 0) is 34.7 Å². The Bertz CT molecular complexity index is 671. The van der Waals surface area contributed by atoms with Crippen LogP contribution in [0.15, 0.2) is 29.3 Å². The van der Waals surface area contributed by atoms with Crippen molar-refractivity contribution in [3.63, 3.8) is 0 Å². The lowest BCUT2D eigenvalue weighted by Crippen LogP contribution is -2.13. The molecule has 1 amide bonds. The number of primary amides is 1. The maximum atomic E-state index is 11.4. The molecular formula is C12H10BrIN4O2. The van der Waals surface area contributed by atoms with Crippen LogP contribution in [0.5, 0.6) is 5.75 Å². The van der Waals surface area contributed by atoms with E-state index >= 15 is 0 Å². The fourth-order valence-corrected chi connectivity index (χ4v) is 3.28. The highest BCUT2D eigenvalue weighted by Gasteiger charge is 2.21. The molecule has 6 nitrogen and oxygen atoms in total. The molecule has 0 fully saturated rings. The third-order valence-electron chi connectivity index (χ3n) is 2.39. The number of nitrogens with one attached hydrogen (secondary N) is 1. The van der Waals surface area contributed by atoms with Crippen molar-refractivity contribution in [1.82, 2.24) is 15.4 Å². The Morgan fingerprint density at radius 1 is 1.55 bits per heavy atom. The Morgan fingerprint density at radius 2 is 2.30 bits per heavy atom. The van der Waals surface area contributed by atoms with E-state index in [1.54, 1.807) is 12.1 Å². The third kappa shape index (κ3) is 3.01. The van der Waals surface area contributed by atoms with Crippen LogP contribution in [0.1, 0.15) is 10.5 Å². The van der Waals surface area contributed by atoms with Crippen LogP contribution < -0.4 is 10.5 Å². The minimum Gasteiger partial charge on any atom is -0.488 e. The van der Waals surface area contributed by atoms with Gasteiger partial charge in [-0.1, -0.05) is 28.6 Å². The number of benzene rings is 1. The molecule has 0 aliphatic heterocycles. The molecule has 1 heterocycles. The molecule has 0 spiro atoms. The highest BCUT2D eigenvalue weighted by molar-refractivity contribution is 14.1. The summed E-state index contributed by atoms with van der Waals surface area (Å²) < 4.78 is 7.35. The summed E-state index contributed by atoms with van der Waals surface area (Å²) in [7, 11) is 0. The standard InChI is InChI=1S/C12H10BrIN4O2/c1-2-3-20-11-7(4-6(13)5-8(11)14)9-10(12(15)19)17-18-16-9/h2,4-5H,1,3H2,(H2,15,19)(H,16,17,18). The van der Waals surface area contributed by atoms with E-state index in [1.165, 1.54) is 0 Å². The summed E-state index contributed by atoms with van der Waals surface area (Å²) in [5, 5.41) is 10.2. The van der Waals surface area contributed by atoms with E-state index in [4.69, 9.17) is 10.5 Å². The summed E-state index contributed by atoms with van der Waals surface area (Å²) in [6, 6.07) is 3.69. The average molecular weight is 449 g/mol. The summed E-state index contributed by atoms with van der Waals surface area (Å²) in [5.74, 6) is -0.0523. The second kappa shape index (κ2) is 6.35. The Kier molecular flexibility index (Phi) is 4.76. The summed E-state index contributed by atoms with van der Waals surface area (Å²) in [6.45, 7) is 3.96. The third-order valence-corrected chi connectivity index (χ3v) is 3.65. The number of aromatic amines is 1. The quantitative estimate of drug-likeness (QED) is 0.542. The fourth-order valence-electron chi connectivity index (χ4n) is 1.62. The molecule has 0 unspecified atom stereocenters. The number of ether oxygens (including phenoxy) is 1. The van der Waals surface area contributed by atoms with Crippen LogP contribution in [0.2, 0.25) is 0 Å². The highest BCUT2D eigenvalue weighted by Crippen LogP contribution is 2.37. The molecule has 104 valence electrons. The van der Waals surface area contributed by atoms with Gasteiger partial charge in [-0.2, -0.15) is 15.4 Å². The van der Waals surface area contributed by atoms with E-state index in [9.17, 15) is 4.79 Å². The molecule has 8 heteroatoms. The van der Waals surface area contributed by atoms with Crippen molar-refractivity contribution in [2.45, 2.75) is 0 Å². The van der Waals surface area contributed by atoms with E-state index in [2.05, 4.69) is 60.5 Å². The first-order valence-electron chi connectivity index (χ1n) is 5.48. The van der Waals surface area contributed by atoms with E-state index in [0.29, 0.717) is 23.6 Å². The van der Waals surface area contributed by atoms with Crippen LogP contribution in [-0.2, 0) is 0 Å². The van der Waals surface area contributed by atoms with Gasteiger partial charge in [0.05, 0.1) is 3.57 Å². The van der Waals surface area contributed by atoms with E-state index < -0.39 is 5.91 Å². The molecule has 0 atom stereocenters. The number of H-pyrrole nitrogens is 1. The lowest BCUT2D eigenvalue weighted by Gasteiger charge is -2.12. The number of rotatable bonds is 5. The molecule has 3 N–H and O–H groups in total. The van der Waals surface area contributed by atoms with Gasteiger partial charge in [0, 0.05) is 10.0 Å². The molecule has 20 heavy (non-hydrogen) atoms. The summed E-state index contributed by atoms with van der Waals surface area (Å²) in [4.78, 5) is 11.4. The number of hydrogen-bond donors (Lipinski definition) is 2. The van der Waals surface area contributed by atoms with Gasteiger partial charge >= 0.3 is 0 Å². The van der Waals surface area contributed by atoms with Gasteiger partial charge in [0.1, 0.15) is 18.1 Å². The van der Waals surface area contributed by atoms with E-state index in [-0.39, 0.29) is 5.69 Å². The number of halogens is 2. The number of carbonyl (C=O) groups is 1. The van der Waals surface area contributed by atoms with E-state index in [1.807, 2.05) is 6.07 Å².